The van der Waals surface area contributed by atoms with Gasteiger partial charge in [0.25, 0.3) is 11.8 Å². The Bertz CT molecular complexity index is 1660. The van der Waals surface area contributed by atoms with Gasteiger partial charge in [-0.05, 0) is 67.8 Å². The minimum Gasteiger partial charge on any atom is -0.457 e. The fraction of sp³-hybridized carbons (Fsp3) is 0.167. The van der Waals surface area contributed by atoms with Gasteiger partial charge in [-0.3, -0.25) is 14.5 Å². The lowest BCUT2D eigenvalue weighted by molar-refractivity contribution is -0.113. The predicted octanol–water partition coefficient (Wildman–Crippen LogP) is 6.60. The fourth-order valence-corrected chi connectivity index (χ4v) is 6.01. The summed E-state index contributed by atoms with van der Waals surface area (Å²) in [5, 5.41) is 6.64. The minimum absolute atomic E-state index is 0.342. The first-order valence-corrected chi connectivity index (χ1v) is 13.7. The van der Waals surface area contributed by atoms with E-state index in [9.17, 15) is 14.4 Å². The van der Waals surface area contributed by atoms with Crippen molar-refractivity contribution in [3.63, 3.8) is 0 Å². The molecule has 0 unspecified atom stereocenters. The van der Waals surface area contributed by atoms with E-state index in [-0.39, 0.29) is 18.0 Å². The molecule has 40 heavy (non-hydrogen) atoms. The van der Waals surface area contributed by atoms with Crippen LogP contribution in [-0.4, -0.2) is 34.6 Å². The molecule has 3 heterocycles. The number of nitrogens with one attached hydrogen (secondary N) is 2. The highest BCUT2D eigenvalue weighted by molar-refractivity contribution is 7.21. The molecule has 2 N–H and O–H groups in total. The van der Waals surface area contributed by atoms with Gasteiger partial charge in [0, 0.05) is 11.9 Å². The van der Waals surface area contributed by atoms with Gasteiger partial charge in [0.2, 0.25) is 0 Å². The maximum Gasteiger partial charge on any atom is 0.331 e. The molecule has 1 atom stereocenters. The lowest BCUT2D eigenvalue weighted by atomic mass is 9.93. The summed E-state index contributed by atoms with van der Waals surface area (Å²) in [4.78, 5) is 49.9. The second-order valence-electron chi connectivity index (χ2n) is 9.41. The second-order valence-corrected chi connectivity index (χ2v) is 10.4. The number of para-hydroxylation sites is 1. The van der Waals surface area contributed by atoms with Crippen LogP contribution in [0.2, 0.25) is 0 Å². The average molecular weight is 552 g/mol. The molecule has 6 rings (SSSR count). The van der Waals surface area contributed by atoms with Gasteiger partial charge in [0.05, 0.1) is 28.5 Å². The molecule has 4 aromatic rings. The first-order chi connectivity index (χ1) is 19.5. The molecule has 200 valence electrons. The summed E-state index contributed by atoms with van der Waals surface area (Å²) >= 11 is 1.21. The highest BCUT2D eigenvalue weighted by Gasteiger charge is 2.34. The molecule has 0 radical (unpaired) electrons. The van der Waals surface area contributed by atoms with Gasteiger partial charge in [0.1, 0.15) is 21.2 Å². The number of carbonyl (C=O) groups is 3. The van der Waals surface area contributed by atoms with E-state index in [4.69, 9.17) is 4.74 Å². The molecule has 0 spiro atoms. The summed E-state index contributed by atoms with van der Waals surface area (Å²) in [6.45, 7) is 3.48. The van der Waals surface area contributed by atoms with Crippen molar-refractivity contribution in [1.29, 1.82) is 0 Å². The zero-order valence-corrected chi connectivity index (χ0v) is 22.2. The highest BCUT2D eigenvalue weighted by Crippen LogP contribution is 2.46. The van der Waals surface area contributed by atoms with Crippen LogP contribution < -0.4 is 20.3 Å². The summed E-state index contributed by atoms with van der Waals surface area (Å²) in [6.07, 6.45) is 5.93. The lowest BCUT2D eigenvalue weighted by Gasteiger charge is -2.29. The maximum absolute atomic E-state index is 13.5. The van der Waals surface area contributed by atoms with E-state index < -0.39 is 5.91 Å². The minimum atomic E-state index is -0.422. The Kier molecular flexibility index (Phi) is 6.83. The van der Waals surface area contributed by atoms with Crippen molar-refractivity contribution >= 4 is 62.2 Å². The molecule has 1 aliphatic carbocycles. The molecular formula is C30H25N5O4S. The average Bonchev–Trinajstić information content (AvgIpc) is 3.35. The van der Waals surface area contributed by atoms with E-state index in [2.05, 4.69) is 27.2 Å². The Balaban J connectivity index is 1.29. The van der Waals surface area contributed by atoms with Gasteiger partial charge in [-0.25, -0.2) is 14.8 Å². The smallest absolute Gasteiger partial charge is 0.331 e. The number of pyridine rings is 1. The Morgan fingerprint density at radius 1 is 1.10 bits per heavy atom. The first-order valence-electron chi connectivity index (χ1n) is 12.9. The quantitative estimate of drug-likeness (QED) is 0.262. The Labute approximate surface area is 234 Å². The molecule has 0 saturated heterocycles. The number of thiophene rings is 1. The molecule has 0 bridgehead atoms. The largest absolute Gasteiger partial charge is 0.457 e. The van der Waals surface area contributed by atoms with Crippen molar-refractivity contribution in [3.8, 4) is 11.5 Å². The van der Waals surface area contributed by atoms with E-state index in [0.29, 0.717) is 56.5 Å². The van der Waals surface area contributed by atoms with Crippen LogP contribution in [0.5, 0.6) is 11.5 Å². The zero-order chi connectivity index (χ0) is 27.6. The van der Waals surface area contributed by atoms with Crippen molar-refractivity contribution in [2.45, 2.75) is 31.7 Å². The molecule has 4 amide bonds. The van der Waals surface area contributed by atoms with Crippen molar-refractivity contribution in [3.05, 3.63) is 84.4 Å². The van der Waals surface area contributed by atoms with Gasteiger partial charge in [-0.15, -0.1) is 11.3 Å². The van der Waals surface area contributed by atoms with E-state index >= 15 is 0 Å². The number of carbonyl (C=O) groups excluding carboxylic acids is 3. The third kappa shape index (κ3) is 4.85. The number of urea groups is 1. The molecule has 1 aliphatic heterocycles. The third-order valence-corrected chi connectivity index (χ3v) is 7.93. The standard InChI is InChI=1S/C30H25N5O4S/c1-2-24(36)32-21-10-6-7-11-22(21)33-28(37)27-26-25-23(16-17-31-29(25)40-27)35(30(38)34-26)18-12-14-20(15-13-18)39-19-8-4-3-5-9-19/h2-5,8-9,12-17,22H,1,6-7,10-11H2,(H,33,37)(H,34,38)/b32-21+/t22-/m0/s1. The number of amides is 4. The Hall–Kier alpha value is -4.83. The number of benzene rings is 2. The second kappa shape index (κ2) is 10.7. The summed E-state index contributed by atoms with van der Waals surface area (Å²) in [5.41, 5.74) is 2.35. The zero-order valence-electron chi connectivity index (χ0n) is 21.4. The van der Waals surface area contributed by atoms with Crippen molar-refractivity contribution in [2.75, 3.05) is 10.2 Å². The Morgan fingerprint density at radius 3 is 2.65 bits per heavy atom. The highest BCUT2D eigenvalue weighted by atomic mass is 32.1. The fourth-order valence-electron chi connectivity index (χ4n) is 4.98. The molecule has 9 nitrogen and oxygen atoms in total. The summed E-state index contributed by atoms with van der Waals surface area (Å²) in [5.74, 6) is 0.594. The Morgan fingerprint density at radius 2 is 1.88 bits per heavy atom. The predicted molar refractivity (Wildman–Crippen MR) is 156 cm³/mol. The topological polar surface area (TPSA) is 113 Å². The van der Waals surface area contributed by atoms with Crippen molar-refractivity contribution < 1.29 is 19.1 Å². The first kappa shape index (κ1) is 25.4. The number of aliphatic imine (C=N–C) groups is 1. The number of ether oxygens (including phenoxy) is 1. The van der Waals surface area contributed by atoms with Crippen LogP contribution in [0.4, 0.5) is 21.9 Å². The molecule has 10 heteroatoms. The van der Waals surface area contributed by atoms with Crippen molar-refractivity contribution in [1.82, 2.24) is 10.3 Å². The third-order valence-electron chi connectivity index (χ3n) is 6.84. The van der Waals surface area contributed by atoms with Crippen LogP contribution in [-0.2, 0) is 4.79 Å². The monoisotopic (exact) mass is 551 g/mol. The summed E-state index contributed by atoms with van der Waals surface area (Å²) < 4.78 is 5.88. The summed E-state index contributed by atoms with van der Waals surface area (Å²) in [7, 11) is 0. The van der Waals surface area contributed by atoms with E-state index in [1.807, 2.05) is 42.5 Å². The lowest BCUT2D eigenvalue weighted by Crippen LogP contribution is -2.43. The van der Waals surface area contributed by atoms with Crippen molar-refractivity contribution in [2.24, 2.45) is 4.99 Å². The van der Waals surface area contributed by atoms with Crippen LogP contribution >= 0.6 is 11.3 Å². The van der Waals surface area contributed by atoms with Gasteiger partial charge in [-0.2, -0.15) is 0 Å². The molecule has 2 aliphatic rings. The summed E-state index contributed by atoms with van der Waals surface area (Å²) in [6, 6.07) is 17.7. The van der Waals surface area contributed by atoms with Crippen LogP contribution in [0.1, 0.15) is 35.4 Å². The SMILES string of the molecule is C=CC(=O)/N=C1\CCCC[C@@H]1NC(=O)c1sc2nccc3c2c1NC(=O)N3c1ccc(Oc2ccccc2)cc1. The van der Waals surface area contributed by atoms with Crippen LogP contribution in [0.25, 0.3) is 10.2 Å². The van der Waals surface area contributed by atoms with Crippen LogP contribution in [0.3, 0.4) is 0 Å². The van der Waals surface area contributed by atoms with Gasteiger partial charge in [-0.1, -0.05) is 31.2 Å². The normalized spacial score (nSPS) is 17.4. The molecule has 1 fully saturated rings. The number of nitrogens with zero attached hydrogens (tertiary/aromatic N) is 3. The van der Waals surface area contributed by atoms with Gasteiger partial charge < -0.3 is 15.4 Å². The van der Waals surface area contributed by atoms with E-state index in [1.165, 1.54) is 11.3 Å². The number of hydrogen-bond acceptors (Lipinski definition) is 6. The van der Waals surface area contributed by atoms with Gasteiger partial charge >= 0.3 is 6.03 Å². The molecule has 1 saturated carbocycles. The van der Waals surface area contributed by atoms with Crippen LogP contribution in [0.15, 0.2) is 84.5 Å². The maximum atomic E-state index is 13.5. The van der Waals surface area contributed by atoms with E-state index in [0.717, 1.165) is 24.7 Å². The van der Waals surface area contributed by atoms with Crippen LogP contribution in [0, 0.1) is 0 Å². The number of rotatable bonds is 6. The van der Waals surface area contributed by atoms with E-state index in [1.54, 1.807) is 29.3 Å². The van der Waals surface area contributed by atoms with Gasteiger partial charge in [0.15, 0.2) is 0 Å². The molecule has 2 aromatic carbocycles. The molecular weight excluding hydrogens is 526 g/mol. The number of anilines is 3. The number of aromatic nitrogens is 1. The molecule has 2 aromatic heterocycles. The number of hydrogen-bond donors (Lipinski definition) is 2.